The summed E-state index contributed by atoms with van der Waals surface area (Å²) in [7, 11) is 0. The van der Waals surface area contributed by atoms with Gasteiger partial charge in [0.25, 0.3) is 0 Å². The average Bonchev–Trinajstić information content (AvgIpc) is 3.29. The molecule has 132 valence electrons. The number of carbonyl (C=O) groups is 1. The standard InChI is InChI=1S/C19H11FN4OS2/c20-11-3-1-9(2-4-11)16(25)17-15(22)14-13(10-5-6-26-8-10)12(7-21)18(23)24-19(14)27-17/h1-6,8H,22H2,(H2,23,24). The summed E-state index contributed by atoms with van der Waals surface area (Å²) in [4.78, 5) is 17.9. The van der Waals surface area contributed by atoms with Gasteiger partial charge < -0.3 is 11.5 Å². The molecule has 0 radical (unpaired) electrons. The van der Waals surface area contributed by atoms with Gasteiger partial charge in [-0.15, -0.1) is 11.3 Å². The number of nitriles is 1. The minimum absolute atomic E-state index is 0.0910. The van der Waals surface area contributed by atoms with E-state index in [1.165, 1.54) is 35.6 Å². The molecule has 0 atom stereocenters. The molecular formula is C19H11FN4OS2. The van der Waals surface area contributed by atoms with E-state index in [1.54, 1.807) is 0 Å². The van der Waals surface area contributed by atoms with Gasteiger partial charge in [-0.25, -0.2) is 9.37 Å². The summed E-state index contributed by atoms with van der Waals surface area (Å²) in [6.07, 6.45) is 0. The van der Waals surface area contributed by atoms with Gasteiger partial charge in [-0.3, -0.25) is 4.79 Å². The van der Waals surface area contributed by atoms with E-state index >= 15 is 0 Å². The van der Waals surface area contributed by atoms with E-state index in [1.807, 2.05) is 16.8 Å². The first-order valence-electron chi connectivity index (χ1n) is 7.75. The Morgan fingerprint density at radius 2 is 1.93 bits per heavy atom. The summed E-state index contributed by atoms with van der Waals surface area (Å²) in [5, 5.41) is 13.9. The van der Waals surface area contributed by atoms with E-state index in [-0.39, 0.29) is 27.7 Å². The van der Waals surface area contributed by atoms with E-state index in [2.05, 4.69) is 11.1 Å². The number of halogens is 1. The Kier molecular flexibility index (Phi) is 4.11. The Hall–Kier alpha value is -3.28. The van der Waals surface area contributed by atoms with Crippen molar-refractivity contribution in [2.24, 2.45) is 0 Å². The number of ketones is 1. The first-order chi connectivity index (χ1) is 13.0. The van der Waals surface area contributed by atoms with Gasteiger partial charge in [-0.2, -0.15) is 16.6 Å². The first-order valence-corrected chi connectivity index (χ1v) is 9.51. The molecule has 0 bridgehead atoms. The molecule has 4 aromatic rings. The first kappa shape index (κ1) is 17.1. The van der Waals surface area contributed by atoms with Gasteiger partial charge in [0, 0.05) is 16.5 Å². The van der Waals surface area contributed by atoms with Crippen LogP contribution in [0.15, 0.2) is 41.1 Å². The van der Waals surface area contributed by atoms with Crippen molar-refractivity contribution in [2.45, 2.75) is 0 Å². The zero-order valence-corrected chi connectivity index (χ0v) is 15.3. The van der Waals surface area contributed by atoms with Gasteiger partial charge >= 0.3 is 0 Å². The molecule has 4 rings (SSSR count). The predicted molar refractivity (Wildman–Crippen MR) is 106 cm³/mol. The van der Waals surface area contributed by atoms with Crippen molar-refractivity contribution in [1.82, 2.24) is 4.98 Å². The number of nitrogen functional groups attached to an aromatic ring is 2. The Bertz CT molecular complexity index is 1220. The number of thiophene rings is 2. The fourth-order valence-corrected chi connectivity index (χ4v) is 4.60. The number of hydrogen-bond acceptors (Lipinski definition) is 7. The molecule has 3 aromatic heterocycles. The quantitative estimate of drug-likeness (QED) is 0.500. The van der Waals surface area contributed by atoms with Gasteiger partial charge in [0.1, 0.15) is 33.0 Å². The van der Waals surface area contributed by atoms with Crippen molar-refractivity contribution >= 4 is 50.2 Å². The monoisotopic (exact) mass is 394 g/mol. The summed E-state index contributed by atoms with van der Waals surface area (Å²) >= 11 is 2.59. The van der Waals surface area contributed by atoms with Crippen LogP contribution in [0, 0.1) is 17.1 Å². The maximum Gasteiger partial charge on any atom is 0.205 e. The van der Waals surface area contributed by atoms with Gasteiger partial charge in [0.05, 0.1) is 5.69 Å². The van der Waals surface area contributed by atoms with Crippen LogP contribution in [0.3, 0.4) is 0 Å². The normalized spacial score (nSPS) is 10.8. The third kappa shape index (κ3) is 2.73. The zero-order chi connectivity index (χ0) is 19.1. The number of nitrogens with zero attached hydrogens (tertiary/aromatic N) is 2. The molecule has 1 aromatic carbocycles. The van der Waals surface area contributed by atoms with Crippen molar-refractivity contribution in [3.63, 3.8) is 0 Å². The van der Waals surface area contributed by atoms with Gasteiger partial charge in [-0.05, 0) is 46.7 Å². The summed E-state index contributed by atoms with van der Waals surface area (Å²) in [6.45, 7) is 0. The molecule has 0 saturated heterocycles. The van der Waals surface area contributed by atoms with Crippen LogP contribution in [0.25, 0.3) is 21.3 Å². The fourth-order valence-electron chi connectivity index (χ4n) is 2.88. The lowest BCUT2D eigenvalue weighted by atomic mass is 9.99. The topological polar surface area (TPSA) is 106 Å². The second-order valence-corrected chi connectivity index (χ2v) is 7.51. The highest BCUT2D eigenvalue weighted by Gasteiger charge is 2.25. The van der Waals surface area contributed by atoms with Crippen molar-refractivity contribution in [1.29, 1.82) is 5.26 Å². The molecule has 5 nitrogen and oxygen atoms in total. The van der Waals surface area contributed by atoms with Crippen molar-refractivity contribution in [3.8, 4) is 17.2 Å². The SMILES string of the molecule is N#Cc1c(N)nc2sc(C(=O)c3ccc(F)cc3)c(N)c2c1-c1ccsc1. The van der Waals surface area contributed by atoms with Crippen LogP contribution in [0.1, 0.15) is 20.8 Å². The van der Waals surface area contributed by atoms with Crippen molar-refractivity contribution < 1.29 is 9.18 Å². The second-order valence-electron chi connectivity index (χ2n) is 5.73. The van der Waals surface area contributed by atoms with E-state index in [0.717, 1.165) is 16.9 Å². The minimum Gasteiger partial charge on any atom is -0.397 e. The summed E-state index contributed by atoms with van der Waals surface area (Å²) in [6, 6.07) is 9.20. The smallest absolute Gasteiger partial charge is 0.205 e. The Morgan fingerprint density at radius 3 is 2.56 bits per heavy atom. The number of rotatable bonds is 3. The minimum atomic E-state index is -0.427. The molecule has 0 aliphatic carbocycles. The molecule has 0 fully saturated rings. The van der Waals surface area contributed by atoms with Crippen LogP contribution in [0.4, 0.5) is 15.9 Å². The molecule has 8 heteroatoms. The number of benzene rings is 1. The zero-order valence-electron chi connectivity index (χ0n) is 13.7. The number of anilines is 2. The molecule has 0 spiro atoms. The number of carbonyl (C=O) groups excluding carboxylic acids is 1. The molecule has 0 unspecified atom stereocenters. The molecule has 0 aliphatic heterocycles. The van der Waals surface area contributed by atoms with Crippen LogP contribution in [0.2, 0.25) is 0 Å². The lowest BCUT2D eigenvalue weighted by Gasteiger charge is -2.07. The number of aromatic nitrogens is 1. The molecule has 0 aliphatic rings. The van der Waals surface area contributed by atoms with E-state index in [9.17, 15) is 14.4 Å². The molecule has 27 heavy (non-hydrogen) atoms. The third-order valence-corrected chi connectivity index (χ3v) is 5.92. The van der Waals surface area contributed by atoms with E-state index in [4.69, 9.17) is 11.5 Å². The highest BCUT2D eigenvalue weighted by molar-refractivity contribution is 7.21. The molecule has 0 saturated carbocycles. The molecule has 4 N–H and O–H groups in total. The van der Waals surface area contributed by atoms with Crippen molar-refractivity contribution in [3.05, 3.63) is 62.9 Å². The van der Waals surface area contributed by atoms with Crippen LogP contribution in [-0.4, -0.2) is 10.8 Å². The second kappa shape index (κ2) is 6.46. The van der Waals surface area contributed by atoms with Crippen LogP contribution < -0.4 is 11.5 Å². The number of hydrogen-bond donors (Lipinski definition) is 2. The van der Waals surface area contributed by atoms with Gasteiger partial charge in [0.2, 0.25) is 5.78 Å². The Labute approximate surface area is 161 Å². The summed E-state index contributed by atoms with van der Waals surface area (Å²) < 4.78 is 13.2. The van der Waals surface area contributed by atoms with Gasteiger partial charge in [0.15, 0.2) is 0 Å². The Balaban J connectivity index is 2.00. The maximum absolute atomic E-state index is 13.2. The van der Waals surface area contributed by atoms with Gasteiger partial charge in [-0.1, -0.05) is 0 Å². The molecule has 3 heterocycles. The highest BCUT2D eigenvalue weighted by atomic mass is 32.1. The average molecular weight is 394 g/mol. The lowest BCUT2D eigenvalue weighted by molar-refractivity contribution is 0.104. The largest absolute Gasteiger partial charge is 0.397 e. The van der Waals surface area contributed by atoms with E-state index < -0.39 is 5.82 Å². The summed E-state index contributed by atoms with van der Waals surface area (Å²) in [5.74, 6) is -0.666. The number of nitrogens with two attached hydrogens (primary N) is 2. The number of fused-ring (bicyclic) bond motifs is 1. The van der Waals surface area contributed by atoms with Crippen LogP contribution >= 0.6 is 22.7 Å². The number of pyridine rings is 1. The fraction of sp³-hybridized carbons (Fsp3) is 0. The predicted octanol–water partition coefficient (Wildman–Crippen LogP) is 4.43. The van der Waals surface area contributed by atoms with E-state index in [0.29, 0.717) is 21.3 Å². The molecular weight excluding hydrogens is 383 g/mol. The van der Waals surface area contributed by atoms with Crippen LogP contribution in [-0.2, 0) is 0 Å². The summed E-state index contributed by atoms with van der Waals surface area (Å²) in [5.41, 5.74) is 14.5. The third-order valence-electron chi connectivity index (χ3n) is 4.14. The Morgan fingerprint density at radius 1 is 1.19 bits per heavy atom. The molecule has 0 amide bonds. The van der Waals surface area contributed by atoms with Crippen LogP contribution in [0.5, 0.6) is 0 Å². The highest BCUT2D eigenvalue weighted by Crippen LogP contribution is 2.43. The lowest BCUT2D eigenvalue weighted by Crippen LogP contribution is -2.02. The van der Waals surface area contributed by atoms with Crippen molar-refractivity contribution in [2.75, 3.05) is 11.5 Å². The maximum atomic E-state index is 13.2.